The predicted molar refractivity (Wildman–Crippen MR) is 76.5 cm³/mol. The maximum Gasteiger partial charge on any atom is 0.261 e. The normalized spacial score (nSPS) is 20.6. The van der Waals surface area contributed by atoms with Crippen molar-refractivity contribution >= 4 is 10.1 Å². The summed E-state index contributed by atoms with van der Waals surface area (Å²) in [5.74, 6) is 0.954. The smallest absolute Gasteiger partial charge is 0.261 e. The molecule has 0 spiro atoms. The van der Waals surface area contributed by atoms with Gasteiger partial charge in [-0.15, -0.1) is 0 Å². The minimum Gasteiger partial charge on any atom is -0.303 e. The second-order valence-electron chi connectivity index (χ2n) is 5.34. The average molecular weight is 279 g/mol. The lowest BCUT2D eigenvalue weighted by atomic mass is 10.1. The van der Waals surface area contributed by atoms with Crippen molar-refractivity contribution in [1.82, 2.24) is 4.90 Å². The van der Waals surface area contributed by atoms with Crippen LogP contribution in [0.4, 0.5) is 0 Å². The van der Waals surface area contributed by atoms with Gasteiger partial charge in [0, 0.05) is 6.54 Å². The van der Waals surface area contributed by atoms with Gasteiger partial charge >= 0.3 is 0 Å². The van der Waals surface area contributed by atoms with Crippen molar-refractivity contribution in [2.45, 2.75) is 52.4 Å². The van der Waals surface area contributed by atoms with Crippen molar-refractivity contribution < 1.29 is 13.0 Å². The fourth-order valence-corrected chi connectivity index (χ4v) is 2.17. The molecule has 0 aromatic heterocycles. The molecule has 0 bridgehead atoms. The van der Waals surface area contributed by atoms with Gasteiger partial charge in [-0.2, -0.15) is 8.42 Å². The van der Waals surface area contributed by atoms with Gasteiger partial charge in [-0.05, 0) is 31.8 Å². The van der Waals surface area contributed by atoms with Crippen molar-refractivity contribution in [3.63, 3.8) is 0 Å². The summed E-state index contributed by atoms with van der Waals surface area (Å²) in [5.41, 5.74) is 0. The molecule has 1 fully saturated rings. The third-order valence-corrected chi connectivity index (χ3v) is 3.09. The summed E-state index contributed by atoms with van der Waals surface area (Å²) >= 11 is 0. The maximum atomic E-state index is 9.19. The molecule has 0 aromatic rings. The van der Waals surface area contributed by atoms with E-state index >= 15 is 0 Å². The lowest BCUT2D eigenvalue weighted by Crippen LogP contribution is -2.21. The van der Waals surface area contributed by atoms with Crippen molar-refractivity contribution in [2.24, 2.45) is 5.92 Å². The maximum absolute atomic E-state index is 9.19. The number of likely N-dealkylation sites (tertiary alicyclic amines) is 1. The minimum absolute atomic E-state index is 0.715. The fourth-order valence-electron chi connectivity index (χ4n) is 2.17. The Bertz CT molecular complexity index is 283. The Labute approximate surface area is 113 Å². The summed E-state index contributed by atoms with van der Waals surface area (Å²) in [6.45, 7) is 8.72. The molecule has 1 aliphatic heterocycles. The molecule has 1 heterocycles. The topological polar surface area (TPSA) is 57.6 Å². The van der Waals surface area contributed by atoms with Crippen molar-refractivity contribution in [1.29, 1.82) is 0 Å². The molecule has 0 aromatic carbocycles. The molecule has 4 nitrogen and oxygen atoms in total. The van der Waals surface area contributed by atoms with E-state index in [4.69, 9.17) is 4.55 Å². The number of unbranched alkanes of at least 4 members (excludes halogenated alkanes) is 4. The molecule has 0 aliphatic carbocycles. The van der Waals surface area contributed by atoms with E-state index in [2.05, 4.69) is 18.7 Å². The van der Waals surface area contributed by atoms with E-state index in [0.29, 0.717) is 6.26 Å². The van der Waals surface area contributed by atoms with Crippen molar-refractivity contribution in [3.05, 3.63) is 0 Å². The molecule has 1 rings (SSSR count). The summed E-state index contributed by atoms with van der Waals surface area (Å²) in [6.07, 6.45) is 9.24. The zero-order valence-corrected chi connectivity index (χ0v) is 12.9. The molecule has 110 valence electrons. The standard InChI is InChI=1S/C12H25N.CH4O3S/c1-3-4-5-6-7-9-13-10-8-12(2)11-13;1-5(2,3)4/h12H,3-11H2,1-2H3;1H3,(H,2,3,4). The number of nitrogens with zero attached hydrogens (tertiary/aromatic N) is 1. The molecule has 5 heteroatoms. The molecule has 18 heavy (non-hydrogen) atoms. The summed E-state index contributed by atoms with van der Waals surface area (Å²) in [4.78, 5) is 2.64. The van der Waals surface area contributed by atoms with Gasteiger partial charge in [-0.1, -0.05) is 39.5 Å². The van der Waals surface area contributed by atoms with Crippen LogP contribution < -0.4 is 0 Å². The van der Waals surface area contributed by atoms with Crippen LogP contribution >= 0.6 is 0 Å². The first-order valence-corrected chi connectivity index (χ1v) is 8.82. The van der Waals surface area contributed by atoms with Gasteiger partial charge in [0.1, 0.15) is 0 Å². The third-order valence-electron chi connectivity index (χ3n) is 3.09. The molecule has 1 aliphatic rings. The molecular formula is C13H29NO3S. The third kappa shape index (κ3) is 13.9. The number of hydrogen-bond donors (Lipinski definition) is 1. The van der Waals surface area contributed by atoms with Gasteiger partial charge in [-0.25, -0.2) is 0 Å². The van der Waals surface area contributed by atoms with Gasteiger partial charge in [0.05, 0.1) is 6.26 Å². The van der Waals surface area contributed by atoms with Gasteiger partial charge < -0.3 is 4.90 Å². The summed E-state index contributed by atoms with van der Waals surface area (Å²) in [5, 5.41) is 0. The Morgan fingerprint density at radius 2 is 1.78 bits per heavy atom. The van der Waals surface area contributed by atoms with Gasteiger partial charge in [0.25, 0.3) is 10.1 Å². The molecule has 1 unspecified atom stereocenters. The zero-order chi connectivity index (χ0) is 14.0. The van der Waals surface area contributed by atoms with E-state index in [-0.39, 0.29) is 0 Å². The van der Waals surface area contributed by atoms with Gasteiger partial charge in [-0.3, -0.25) is 4.55 Å². The van der Waals surface area contributed by atoms with E-state index in [1.165, 1.54) is 58.2 Å². The molecule has 0 radical (unpaired) electrons. The minimum atomic E-state index is -3.67. The highest BCUT2D eigenvalue weighted by molar-refractivity contribution is 7.85. The van der Waals surface area contributed by atoms with Gasteiger partial charge in [0.2, 0.25) is 0 Å². The van der Waals surface area contributed by atoms with Crippen LogP contribution in [0.5, 0.6) is 0 Å². The molecule has 1 atom stereocenters. The summed E-state index contributed by atoms with van der Waals surface area (Å²) in [6, 6.07) is 0. The Kier molecular flexibility index (Phi) is 9.68. The van der Waals surface area contributed by atoms with Crippen LogP contribution in [-0.2, 0) is 10.1 Å². The second kappa shape index (κ2) is 9.75. The summed E-state index contributed by atoms with van der Waals surface area (Å²) in [7, 11) is -3.67. The van der Waals surface area contributed by atoms with Crippen molar-refractivity contribution in [2.75, 3.05) is 25.9 Å². The first kappa shape index (κ1) is 17.9. The Morgan fingerprint density at radius 3 is 2.22 bits per heavy atom. The lowest BCUT2D eigenvalue weighted by molar-refractivity contribution is 0.318. The molecule has 1 saturated heterocycles. The Hall–Kier alpha value is -0.130. The van der Waals surface area contributed by atoms with E-state index in [1.54, 1.807) is 0 Å². The van der Waals surface area contributed by atoms with E-state index in [9.17, 15) is 8.42 Å². The van der Waals surface area contributed by atoms with Crippen molar-refractivity contribution in [3.8, 4) is 0 Å². The molecule has 0 saturated carbocycles. The van der Waals surface area contributed by atoms with Crippen LogP contribution in [0.3, 0.4) is 0 Å². The number of hydrogen-bond acceptors (Lipinski definition) is 3. The number of rotatable bonds is 6. The van der Waals surface area contributed by atoms with Crippen LogP contribution in [0.2, 0.25) is 0 Å². The fraction of sp³-hybridized carbons (Fsp3) is 1.00. The van der Waals surface area contributed by atoms with Crippen LogP contribution in [0.1, 0.15) is 52.4 Å². The highest BCUT2D eigenvalue weighted by Gasteiger charge is 2.17. The van der Waals surface area contributed by atoms with E-state index in [1.807, 2.05) is 0 Å². The largest absolute Gasteiger partial charge is 0.303 e. The first-order valence-electron chi connectivity index (χ1n) is 6.97. The molecular weight excluding hydrogens is 250 g/mol. The monoisotopic (exact) mass is 279 g/mol. The van der Waals surface area contributed by atoms with E-state index in [0.717, 1.165) is 5.92 Å². The molecule has 1 N–H and O–H groups in total. The Morgan fingerprint density at radius 1 is 1.22 bits per heavy atom. The van der Waals surface area contributed by atoms with Crippen LogP contribution in [0.25, 0.3) is 0 Å². The SMILES string of the molecule is CCCCCCCN1CCC(C)C1.CS(=O)(=O)O. The van der Waals surface area contributed by atoms with Crippen LogP contribution in [-0.4, -0.2) is 43.8 Å². The van der Waals surface area contributed by atoms with Crippen LogP contribution in [0, 0.1) is 5.92 Å². The first-order chi connectivity index (χ1) is 8.33. The average Bonchev–Trinajstić information content (AvgIpc) is 2.61. The quantitative estimate of drug-likeness (QED) is 0.600. The van der Waals surface area contributed by atoms with E-state index < -0.39 is 10.1 Å². The lowest BCUT2D eigenvalue weighted by Gasteiger charge is -2.14. The summed E-state index contributed by atoms with van der Waals surface area (Å²) < 4.78 is 25.9. The molecule has 0 amide bonds. The predicted octanol–water partition coefficient (Wildman–Crippen LogP) is 2.80. The second-order valence-corrected chi connectivity index (χ2v) is 6.81. The van der Waals surface area contributed by atoms with Gasteiger partial charge in [0.15, 0.2) is 0 Å². The highest BCUT2D eigenvalue weighted by Crippen LogP contribution is 2.15. The zero-order valence-electron chi connectivity index (χ0n) is 12.1. The van der Waals surface area contributed by atoms with Crippen LogP contribution in [0.15, 0.2) is 0 Å². The Balaban J connectivity index is 0.000000494. The highest BCUT2D eigenvalue weighted by atomic mass is 32.2.